The third-order valence-corrected chi connectivity index (χ3v) is 90.6. The van der Waals surface area contributed by atoms with Crippen molar-refractivity contribution in [2.45, 2.75) is 165 Å². The first-order valence-electron chi connectivity index (χ1n) is 26.2. The molecular weight excluding hydrogens is 1320 g/mol. The average Bonchev–Trinajstić information content (AvgIpc) is 3.36. The van der Waals surface area contributed by atoms with E-state index in [1.54, 1.807) is 0 Å². The van der Waals surface area contributed by atoms with Crippen LogP contribution in [0.5, 0.6) is 0 Å². The smallest absolute Gasteiger partial charge is 0.331 e. The van der Waals surface area contributed by atoms with Crippen molar-refractivity contribution in [1.82, 2.24) is 0 Å². The molecule has 0 aromatic heterocycles. The molecule has 6 unspecified atom stereocenters. The molecule has 32 heteroatoms. The monoisotopic (exact) mass is 1420 g/mol. The van der Waals surface area contributed by atoms with Crippen molar-refractivity contribution < 1.29 is 53.1 Å². The van der Waals surface area contributed by atoms with Crippen LogP contribution in [0.1, 0.15) is 157 Å². The molecule has 0 aliphatic heterocycles. The van der Waals surface area contributed by atoms with Gasteiger partial charge < -0.3 is 53.1 Å². The molecule has 0 aromatic carbocycles. The van der Waals surface area contributed by atoms with Gasteiger partial charge in [-0.2, -0.15) is 0 Å². The van der Waals surface area contributed by atoms with Gasteiger partial charge in [-0.1, -0.05) is 60.8 Å². The Hall–Kier alpha value is 5.99. The second-order valence-corrected chi connectivity index (χ2v) is 71.8. The van der Waals surface area contributed by atoms with Crippen molar-refractivity contribution in [3.63, 3.8) is 0 Å². The van der Waals surface area contributed by atoms with Gasteiger partial charge in [-0.05, 0) is 146 Å². The van der Waals surface area contributed by atoms with E-state index in [0.717, 1.165) is 48.7 Å². The molecule has 0 spiro atoms. The summed E-state index contributed by atoms with van der Waals surface area (Å²) >= 11 is 0. The number of hydrogen-bond acceptors (Lipinski definition) is 24. The van der Waals surface area contributed by atoms with Gasteiger partial charge in [0.05, 0.1) is 47.9 Å². The predicted molar refractivity (Wildman–Crippen MR) is 370 cm³/mol. The van der Waals surface area contributed by atoms with Crippen molar-refractivity contribution in [1.29, 1.82) is 0 Å². The fraction of sp³-hybridized carbons (Fsp3) is 1.00. The van der Waals surface area contributed by atoms with E-state index in [-0.39, 0.29) is 0 Å². The molecule has 0 bridgehead atoms. The first-order chi connectivity index (χ1) is 35.6. The molecule has 0 aromatic rings. The normalized spacial score (nSPS) is 16.7. The van der Waals surface area contributed by atoms with Crippen molar-refractivity contribution >= 4 is 191 Å². The van der Waals surface area contributed by atoms with E-state index in [1.165, 1.54) is 0 Å². The van der Waals surface area contributed by atoms with Crippen molar-refractivity contribution in [2.75, 3.05) is 102 Å². The molecule has 0 aliphatic carbocycles. The minimum atomic E-state index is -3.26. The van der Waals surface area contributed by atoms with Crippen LogP contribution in [0.4, 0.5) is 0 Å². The topological polar surface area (TPSA) is 111 Å². The summed E-state index contributed by atoms with van der Waals surface area (Å²) in [6, 6.07) is 0. The summed E-state index contributed by atoms with van der Waals surface area (Å²) in [7, 11) is 8.03. The fourth-order valence-electron chi connectivity index (χ4n) is 6.04. The molecule has 0 N–H and O–H groups in total. The Morgan fingerprint density at radius 1 is 0.351 bits per heavy atom. The van der Waals surface area contributed by atoms with Gasteiger partial charge in [-0.15, -0.1) is 0 Å². The average molecular weight is 1420 g/mol. The summed E-state index contributed by atoms with van der Waals surface area (Å²) < 4.78 is 80.3. The van der Waals surface area contributed by atoms with Gasteiger partial charge in [-0.25, -0.2) is 0 Å². The summed E-state index contributed by atoms with van der Waals surface area (Å²) in [5.74, 6) is 4.13. The van der Waals surface area contributed by atoms with E-state index in [4.69, 9.17) is 53.1 Å². The molecule has 0 saturated carbocycles. The highest BCUT2D eigenvalue weighted by atomic mass is 33.8. The van der Waals surface area contributed by atoms with Gasteiger partial charge in [-0.3, -0.25) is 0 Å². The summed E-state index contributed by atoms with van der Waals surface area (Å²) in [5.41, 5.74) is 0. The maximum atomic E-state index is 6.79. The van der Waals surface area contributed by atoms with E-state index in [0.29, 0.717) is 85.2 Å². The largest absolute Gasteiger partial charge is 0.808 e. The lowest BCUT2D eigenvalue weighted by Gasteiger charge is -2.43. The van der Waals surface area contributed by atoms with Crippen LogP contribution in [0.25, 0.3) is 0 Å². The van der Waals surface area contributed by atoms with Crippen molar-refractivity contribution in [3.05, 3.63) is 0 Å². The third kappa shape index (κ3) is 26.5. The van der Waals surface area contributed by atoms with Crippen LogP contribution >= 0.6 is 126 Å². The predicted octanol–water partition coefficient (Wildman–Crippen LogP) is 17.1. The first-order valence-corrected chi connectivity index (χ1v) is 57.6. The van der Waals surface area contributed by atoms with E-state index in [1.807, 2.05) is 126 Å². The highest BCUT2D eigenvalue weighted by molar-refractivity contribution is 9.36. The van der Waals surface area contributed by atoms with E-state index in [9.17, 15) is 0 Å². The molecule has 0 amide bonds. The minimum Gasteiger partial charge on any atom is -0.331 e. The molecule has 0 heterocycles. The molecule has 12 nitrogen and oxygen atoms in total. The molecule has 0 saturated heterocycles. The van der Waals surface area contributed by atoms with E-state index >= 15 is 0 Å². The first kappa shape index (κ1) is 80.0. The highest BCUT2D eigenvalue weighted by Gasteiger charge is 2.73. The fourth-order valence-corrected chi connectivity index (χ4v) is 97.1. The molecule has 446 valence electrons. The van der Waals surface area contributed by atoms with Crippen LogP contribution in [0.3, 0.4) is 0 Å². The van der Waals surface area contributed by atoms with Gasteiger partial charge in [0.1, 0.15) is 0 Å². The van der Waals surface area contributed by atoms with Crippen molar-refractivity contribution in [2.24, 2.45) is 5.92 Å². The van der Waals surface area contributed by atoms with Crippen LogP contribution in [-0.2, 0) is 86.7 Å². The van der Waals surface area contributed by atoms with Gasteiger partial charge in [0.15, 0.2) is 76.3 Å². The lowest BCUT2D eigenvalue weighted by molar-refractivity contribution is 0.0958. The van der Waals surface area contributed by atoms with Crippen LogP contribution in [0.15, 0.2) is 0 Å². The minimum absolute atomic E-state index is 0.445. The van der Waals surface area contributed by atoms with Gasteiger partial charge in [0, 0.05) is 102 Å². The molecule has 0 fully saturated rings. The van der Waals surface area contributed by atoms with Crippen molar-refractivity contribution in [3.8, 4) is 0 Å². The Morgan fingerprint density at radius 3 is 0.757 bits per heavy atom. The highest BCUT2D eigenvalue weighted by Crippen LogP contribution is 2.74. The number of hydrogen-bond donors (Lipinski definition) is 0. The zero-order chi connectivity index (χ0) is 56.0. The molecule has 0 radical (unpaired) electrons. The summed E-state index contributed by atoms with van der Waals surface area (Å²) in [4.78, 5) is 0. The lowest BCUT2D eigenvalue weighted by Crippen LogP contribution is -2.52. The zero-order valence-corrected chi connectivity index (χ0v) is 65.2. The molecular formula is C42H98O12S16Si4+4. The van der Waals surface area contributed by atoms with E-state index in [2.05, 4.69) is 132 Å². The molecule has 6 atom stereocenters. The maximum absolute atomic E-state index is 6.79. The van der Waals surface area contributed by atoms with E-state index < -0.39 is 73.6 Å². The standard InChI is InChI=1S/C42H98O12S16Si4/c1-20-40(18)38-37-39-41(19,59-63-67(55-33-14)71(43-21-2,44-22-3)45-23-4)42(60-64-68(56-34-15)72(46-24-5,47-25-6)48-26-7,61-65-69(57-35-16)73(49-27-8,50-28-9)51-29-10)62-66-70(58-36-17)74(52-30-11,53-31-12)54-32-13/h40H,20-39H2,1-19H3/q+4. The van der Waals surface area contributed by atoms with Crippen LogP contribution in [0.2, 0.25) is 0 Å². The SMILES string of the molecule is CCO[Si](OCC)(OCC)[S+](SCC)SSC(C)(CCCC(C)CC)C(SS[S+](SCC)[Si](OCC)(OCC)OCC)(SS[S+](SCC)[Si](OCC)(OCC)OCC)SS[S+](SCC)[Si](OCC)(OCC)OCC. The zero-order valence-electron chi connectivity index (χ0n) is 48.2. The summed E-state index contributed by atoms with van der Waals surface area (Å²) in [6.07, 6.45) is 4.23. The summed E-state index contributed by atoms with van der Waals surface area (Å²) in [5, 5.41) is 0. The number of rotatable bonds is 54. The quantitative estimate of drug-likeness (QED) is 0.0249. The Bertz CT molecular complexity index is 1190. The third-order valence-electron chi connectivity index (χ3n) is 9.16. The Labute approximate surface area is 511 Å². The molecule has 74 heavy (non-hydrogen) atoms. The Balaban J connectivity index is 9.27. The van der Waals surface area contributed by atoms with Gasteiger partial charge in [0.25, 0.3) is 0 Å². The van der Waals surface area contributed by atoms with Gasteiger partial charge >= 0.3 is 31.8 Å². The van der Waals surface area contributed by atoms with Crippen LogP contribution in [0, 0.1) is 5.92 Å². The Kier molecular flexibility index (Phi) is 50.9. The summed E-state index contributed by atoms with van der Waals surface area (Å²) in [6.45, 7) is 46.8. The second-order valence-electron chi connectivity index (χ2n) is 14.6. The molecule has 0 aliphatic rings. The lowest BCUT2D eigenvalue weighted by atomic mass is 9.97. The van der Waals surface area contributed by atoms with Gasteiger partial charge in [0.2, 0.25) is 0 Å². The van der Waals surface area contributed by atoms with Crippen LogP contribution in [-0.4, -0.2) is 142 Å². The molecule has 0 rings (SSSR count). The Morgan fingerprint density at radius 2 is 0.568 bits per heavy atom. The maximum Gasteiger partial charge on any atom is 0.808 e. The second kappa shape index (κ2) is 47.1. The van der Waals surface area contributed by atoms with Crippen LogP contribution < -0.4 is 0 Å².